The number of ketones is 1. The summed E-state index contributed by atoms with van der Waals surface area (Å²) in [6.45, 7) is 2.85. The molecule has 0 atom stereocenters. The lowest BCUT2D eigenvalue weighted by Crippen LogP contribution is -2.23. The molecule has 20 heavy (non-hydrogen) atoms. The molecule has 7 heteroatoms. The molecule has 1 aliphatic rings. The number of hydrogen-bond donors (Lipinski definition) is 0. The molecule has 0 unspecified atom stereocenters. The Morgan fingerprint density at radius 3 is 2.55 bits per heavy atom. The maximum absolute atomic E-state index is 13.2. The van der Waals surface area contributed by atoms with Crippen molar-refractivity contribution in [2.45, 2.75) is 18.7 Å². The minimum atomic E-state index is -4.19. The Hall–Kier alpha value is -2.02. The fourth-order valence-electron chi connectivity index (χ4n) is 2.04. The van der Waals surface area contributed by atoms with Gasteiger partial charge in [0, 0.05) is 0 Å². The number of ether oxygens (including phenoxy) is 1. The highest BCUT2D eigenvalue weighted by molar-refractivity contribution is 7.97. The van der Waals surface area contributed by atoms with Gasteiger partial charge in [-0.15, -0.1) is 0 Å². The fourth-order valence-corrected chi connectivity index (χ4v) is 3.88. The molecule has 2 rings (SSSR count). The molecule has 0 amide bonds. The summed E-state index contributed by atoms with van der Waals surface area (Å²) in [5, 5.41) is 0. The van der Waals surface area contributed by atoms with Crippen molar-refractivity contribution in [1.82, 2.24) is 0 Å². The van der Waals surface area contributed by atoms with Gasteiger partial charge in [-0.2, -0.15) is 0 Å². The SMILES string of the molecule is CCOC(=O)C(=O)C1=C(C)c2ccc(F)cc2S1(=O)=O. The van der Waals surface area contributed by atoms with Gasteiger partial charge in [0.2, 0.25) is 9.84 Å². The maximum atomic E-state index is 13.2. The largest absolute Gasteiger partial charge is 0.460 e. The van der Waals surface area contributed by atoms with Gasteiger partial charge in [0.15, 0.2) is 0 Å². The van der Waals surface area contributed by atoms with Crippen molar-refractivity contribution in [2.24, 2.45) is 0 Å². The molecule has 0 fully saturated rings. The molecule has 1 aromatic rings. The number of hydrogen-bond acceptors (Lipinski definition) is 5. The van der Waals surface area contributed by atoms with E-state index in [0.717, 1.165) is 12.1 Å². The zero-order valence-corrected chi connectivity index (χ0v) is 11.6. The summed E-state index contributed by atoms with van der Waals surface area (Å²) >= 11 is 0. The van der Waals surface area contributed by atoms with Crippen LogP contribution in [0, 0.1) is 5.82 Å². The monoisotopic (exact) mass is 298 g/mol. The van der Waals surface area contributed by atoms with Gasteiger partial charge in [-0.25, -0.2) is 17.6 Å². The van der Waals surface area contributed by atoms with Crippen LogP contribution in [0.3, 0.4) is 0 Å². The van der Waals surface area contributed by atoms with E-state index in [1.165, 1.54) is 19.9 Å². The van der Waals surface area contributed by atoms with Crippen LogP contribution in [0.5, 0.6) is 0 Å². The summed E-state index contributed by atoms with van der Waals surface area (Å²) in [7, 11) is -4.19. The lowest BCUT2D eigenvalue weighted by Gasteiger charge is -2.03. The summed E-state index contributed by atoms with van der Waals surface area (Å²) in [4.78, 5) is 22.4. The number of allylic oxidation sites excluding steroid dienone is 1. The summed E-state index contributed by atoms with van der Waals surface area (Å²) in [6, 6.07) is 3.19. The average molecular weight is 298 g/mol. The van der Waals surface area contributed by atoms with Crippen LogP contribution in [0.15, 0.2) is 28.0 Å². The van der Waals surface area contributed by atoms with Gasteiger partial charge in [-0.05, 0) is 37.1 Å². The third-order valence-electron chi connectivity index (χ3n) is 2.91. The Morgan fingerprint density at radius 2 is 1.95 bits per heavy atom. The molecule has 0 saturated carbocycles. The van der Waals surface area contributed by atoms with E-state index in [-0.39, 0.29) is 22.6 Å². The molecule has 0 saturated heterocycles. The molecule has 0 spiro atoms. The summed E-state index contributed by atoms with van der Waals surface area (Å²) in [6.07, 6.45) is 0. The molecule has 5 nitrogen and oxygen atoms in total. The Bertz CT molecular complexity index is 746. The predicted octanol–water partition coefficient (Wildman–Crippen LogP) is 1.48. The van der Waals surface area contributed by atoms with Crippen molar-refractivity contribution in [3.8, 4) is 0 Å². The standard InChI is InChI=1S/C13H11FO5S/c1-3-19-13(16)11(15)12-7(2)9-5-4-8(14)6-10(9)20(12,17)18/h4-6H,3H2,1-2H3. The van der Waals surface area contributed by atoms with Crippen molar-refractivity contribution in [2.75, 3.05) is 6.61 Å². The van der Waals surface area contributed by atoms with Crippen LogP contribution in [0.1, 0.15) is 19.4 Å². The normalized spacial score (nSPS) is 15.9. The second kappa shape index (κ2) is 4.82. The second-order valence-corrected chi connectivity index (χ2v) is 6.00. The van der Waals surface area contributed by atoms with Crippen LogP contribution in [0.25, 0.3) is 5.57 Å². The third-order valence-corrected chi connectivity index (χ3v) is 4.86. The Morgan fingerprint density at radius 1 is 1.30 bits per heavy atom. The molecule has 0 aliphatic carbocycles. The fraction of sp³-hybridized carbons (Fsp3) is 0.231. The van der Waals surface area contributed by atoms with Crippen LogP contribution >= 0.6 is 0 Å². The van der Waals surface area contributed by atoms with E-state index < -0.39 is 32.3 Å². The molecule has 1 heterocycles. The number of halogens is 1. The van der Waals surface area contributed by atoms with Gasteiger partial charge in [0.05, 0.1) is 11.5 Å². The van der Waals surface area contributed by atoms with Gasteiger partial charge in [0.1, 0.15) is 10.7 Å². The highest BCUT2D eigenvalue weighted by Crippen LogP contribution is 2.39. The smallest absolute Gasteiger partial charge is 0.380 e. The first-order valence-corrected chi connectivity index (χ1v) is 7.26. The van der Waals surface area contributed by atoms with Gasteiger partial charge in [0.25, 0.3) is 5.78 Å². The van der Waals surface area contributed by atoms with E-state index in [4.69, 9.17) is 0 Å². The van der Waals surface area contributed by atoms with Gasteiger partial charge in [-0.3, -0.25) is 4.79 Å². The van der Waals surface area contributed by atoms with Crippen LogP contribution in [0.4, 0.5) is 4.39 Å². The zero-order chi connectivity index (χ0) is 15.1. The van der Waals surface area contributed by atoms with Crippen LogP contribution in [-0.4, -0.2) is 26.8 Å². The molecular formula is C13H11FO5S. The molecule has 1 aromatic carbocycles. The predicted molar refractivity (Wildman–Crippen MR) is 67.8 cm³/mol. The van der Waals surface area contributed by atoms with E-state index in [1.54, 1.807) is 0 Å². The first kappa shape index (κ1) is 14.4. The second-order valence-electron chi connectivity index (χ2n) is 4.15. The van der Waals surface area contributed by atoms with Crippen molar-refractivity contribution in [3.05, 3.63) is 34.5 Å². The highest BCUT2D eigenvalue weighted by Gasteiger charge is 2.41. The van der Waals surface area contributed by atoms with E-state index in [1.807, 2.05) is 0 Å². The number of sulfone groups is 1. The molecule has 106 valence electrons. The molecule has 1 aliphatic heterocycles. The van der Waals surface area contributed by atoms with Crippen molar-refractivity contribution in [1.29, 1.82) is 0 Å². The average Bonchev–Trinajstić information content (AvgIpc) is 2.56. The van der Waals surface area contributed by atoms with Gasteiger partial charge >= 0.3 is 5.97 Å². The number of fused-ring (bicyclic) bond motifs is 1. The van der Waals surface area contributed by atoms with Crippen LogP contribution in [0.2, 0.25) is 0 Å². The Balaban J connectivity index is 2.60. The number of Topliss-reactive ketones (excluding diaryl/α,β-unsaturated/α-hetero) is 1. The first-order chi connectivity index (χ1) is 9.30. The number of benzene rings is 1. The number of rotatable bonds is 3. The Labute approximate surface area is 115 Å². The molecule has 0 N–H and O–H groups in total. The maximum Gasteiger partial charge on any atom is 0.380 e. The number of carbonyl (C=O) groups is 2. The molecule has 0 aromatic heterocycles. The lowest BCUT2D eigenvalue weighted by atomic mass is 10.1. The summed E-state index contributed by atoms with van der Waals surface area (Å²) in [5.74, 6) is -3.20. The van der Waals surface area contributed by atoms with Crippen molar-refractivity contribution >= 4 is 27.2 Å². The van der Waals surface area contributed by atoms with Crippen LogP contribution < -0.4 is 0 Å². The topological polar surface area (TPSA) is 77.5 Å². The summed E-state index contributed by atoms with van der Waals surface area (Å²) in [5.41, 5.74) is 0.345. The quantitative estimate of drug-likeness (QED) is 0.624. The highest BCUT2D eigenvalue weighted by atomic mass is 32.2. The van der Waals surface area contributed by atoms with Gasteiger partial charge < -0.3 is 4.74 Å². The minimum Gasteiger partial charge on any atom is -0.460 e. The first-order valence-electron chi connectivity index (χ1n) is 5.78. The Kier molecular flexibility index (Phi) is 3.47. The molecular weight excluding hydrogens is 287 g/mol. The zero-order valence-electron chi connectivity index (χ0n) is 10.8. The van der Waals surface area contributed by atoms with Crippen LogP contribution in [-0.2, 0) is 24.2 Å². The minimum absolute atomic E-state index is 0.0431. The van der Waals surface area contributed by atoms with Crippen molar-refractivity contribution < 1.29 is 27.1 Å². The van der Waals surface area contributed by atoms with Crippen molar-refractivity contribution in [3.63, 3.8) is 0 Å². The van der Waals surface area contributed by atoms with Gasteiger partial charge in [-0.1, -0.05) is 6.07 Å². The lowest BCUT2D eigenvalue weighted by molar-refractivity contribution is -0.151. The van der Waals surface area contributed by atoms with E-state index >= 15 is 0 Å². The summed E-state index contributed by atoms with van der Waals surface area (Å²) < 4.78 is 42.2. The number of esters is 1. The van der Waals surface area contributed by atoms with E-state index in [2.05, 4.69) is 4.74 Å². The molecule has 0 bridgehead atoms. The number of carbonyl (C=O) groups excluding carboxylic acids is 2. The van der Waals surface area contributed by atoms with E-state index in [0.29, 0.717) is 0 Å². The molecule has 0 radical (unpaired) electrons. The van der Waals surface area contributed by atoms with E-state index in [9.17, 15) is 22.4 Å². The third kappa shape index (κ3) is 2.03.